The second-order valence-corrected chi connectivity index (χ2v) is 18.0. The van der Waals surface area contributed by atoms with E-state index in [4.69, 9.17) is 19.4 Å². The summed E-state index contributed by atoms with van der Waals surface area (Å²) in [5.74, 6) is 1.46. The van der Waals surface area contributed by atoms with E-state index >= 15 is 0 Å². The number of carbonyl (C=O) groups excluding carboxylic acids is 4. The second-order valence-electron chi connectivity index (χ2n) is 18.0. The maximum Gasteiger partial charge on any atom is 0.407 e. The molecule has 3 N–H and O–H groups in total. The van der Waals surface area contributed by atoms with Crippen LogP contribution in [0, 0.1) is 29.6 Å². The highest BCUT2D eigenvalue weighted by molar-refractivity contribution is 5.87. The molecule has 318 valence electrons. The Kier molecular flexibility index (Phi) is 11.9. The SMILES string of the molecule is COC(=O)C[C@H](C(=O)N1[C@H](c2ncc(-c3ccc(-c4ccc(-c5cnc([C@@H]6C[C@@H]7CCC[C@@H]7N6C(=O)[C@@H](NC(=O)OC)C(C)C)[nH]5)cc4)cc3)[nH]2)C[C@@H]2CCC[C@@H]21)C(C)C. The summed E-state index contributed by atoms with van der Waals surface area (Å²) in [6.07, 6.45) is 11.2. The highest BCUT2D eigenvalue weighted by Gasteiger charge is 2.51. The van der Waals surface area contributed by atoms with Crippen LogP contribution in [0.25, 0.3) is 33.6 Å². The van der Waals surface area contributed by atoms with Gasteiger partial charge in [0.05, 0.1) is 62.4 Å². The first-order chi connectivity index (χ1) is 28.9. The number of carbonyl (C=O) groups is 4. The van der Waals surface area contributed by atoms with Gasteiger partial charge in [0, 0.05) is 12.1 Å². The largest absolute Gasteiger partial charge is 0.469 e. The van der Waals surface area contributed by atoms with Crippen LogP contribution in [0.15, 0.2) is 60.9 Å². The maximum atomic E-state index is 14.2. The third-order valence-corrected chi connectivity index (χ3v) is 13.9. The van der Waals surface area contributed by atoms with E-state index in [2.05, 4.69) is 68.7 Å². The Morgan fingerprint density at radius 2 is 1.13 bits per heavy atom. The topological polar surface area (TPSA) is 163 Å². The Morgan fingerprint density at radius 1 is 0.667 bits per heavy atom. The van der Waals surface area contributed by atoms with E-state index in [0.717, 1.165) is 96.7 Å². The molecule has 0 radical (unpaired) electrons. The number of esters is 1. The Morgan fingerprint density at radius 3 is 1.57 bits per heavy atom. The molecule has 2 aromatic heterocycles. The molecule has 4 aliphatic rings. The molecule has 4 aromatic rings. The van der Waals surface area contributed by atoms with Crippen LogP contribution in [-0.2, 0) is 23.9 Å². The zero-order valence-electron chi connectivity index (χ0n) is 35.6. The van der Waals surface area contributed by atoms with Gasteiger partial charge in [0.25, 0.3) is 0 Å². The summed E-state index contributed by atoms with van der Waals surface area (Å²) in [5.41, 5.74) is 5.93. The summed E-state index contributed by atoms with van der Waals surface area (Å²) in [6, 6.07) is 16.0. The fourth-order valence-corrected chi connectivity index (χ4v) is 10.6. The van der Waals surface area contributed by atoms with Gasteiger partial charge in [-0.15, -0.1) is 0 Å². The summed E-state index contributed by atoms with van der Waals surface area (Å²) in [5, 5.41) is 2.78. The first-order valence-electron chi connectivity index (χ1n) is 21.8. The number of H-pyrrole nitrogens is 2. The van der Waals surface area contributed by atoms with Crippen LogP contribution in [0.4, 0.5) is 4.79 Å². The molecule has 4 heterocycles. The van der Waals surface area contributed by atoms with Crippen molar-refractivity contribution in [2.45, 2.75) is 116 Å². The molecule has 0 unspecified atom stereocenters. The van der Waals surface area contributed by atoms with Gasteiger partial charge in [0.2, 0.25) is 11.8 Å². The number of nitrogens with zero attached hydrogens (tertiary/aromatic N) is 4. The molecular weight excluding hydrogens is 759 g/mol. The predicted molar refractivity (Wildman–Crippen MR) is 227 cm³/mol. The number of hydrogen-bond donors (Lipinski definition) is 3. The van der Waals surface area contributed by atoms with E-state index in [1.807, 2.05) is 45.0 Å². The number of nitrogens with one attached hydrogen (secondary N) is 3. The lowest BCUT2D eigenvalue weighted by atomic mass is 9.90. The van der Waals surface area contributed by atoms with Gasteiger partial charge in [-0.2, -0.15) is 0 Å². The van der Waals surface area contributed by atoms with Crippen LogP contribution < -0.4 is 5.32 Å². The molecule has 13 nitrogen and oxygen atoms in total. The molecule has 2 saturated carbocycles. The quantitative estimate of drug-likeness (QED) is 0.121. The number of imidazole rings is 2. The standard InChI is InChI=1S/C47H59N7O6/c1-26(2)34(23-41(55)59-5)45(56)53-37-11-7-9-32(37)21-39(53)43-48-24-35(50-43)30-17-13-28(14-18-30)29-15-19-31(20-16-29)36-25-49-44(51-36)40-22-33-10-8-12-38(33)54(40)46(57)42(27(3)4)52-47(58)60-6/h13-20,24-27,32-34,37-40,42H,7-12,21-23H2,1-6H3,(H,48,50)(H,49,51)(H,52,58)/t32-,33-,34-,37-,38-,39-,40-,42-/m0/s1. The smallest absolute Gasteiger partial charge is 0.407 e. The van der Waals surface area contributed by atoms with E-state index in [1.54, 1.807) is 0 Å². The molecule has 2 aromatic carbocycles. The Balaban J connectivity index is 0.956. The van der Waals surface area contributed by atoms with Gasteiger partial charge in [-0.05, 0) is 84.5 Å². The first-order valence-corrected chi connectivity index (χ1v) is 21.8. The predicted octanol–water partition coefficient (Wildman–Crippen LogP) is 8.23. The zero-order chi connectivity index (χ0) is 42.2. The van der Waals surface area contributed by atoms with E-state index in [9.17, 15) is 19.2 Å². The van der Waals surface area contributed by atoms with E-state index < -0.39 is 18.1 Å². The number of likely N-dealkylation sites (tertiary alicyclic amines) is 2. The fraction of sp³-hybridized carbons (Fsp3) is 0.532. The average molecular weight is 818 g/mol. The molecule has 3 amide bonds. The van der Waals surface area contributed by atoms with Crippen LogP contribution in [0.3, 0.4) is 0 Å². The number of benzene rings is 2. The molecule has 0 bridgehead atoms. The molecule has 2 aliphatic heterocycles. The number of alkyl carbamates (subject to hydrolysis) is 1. The van der Waals surface area contributed by atoms with Gasteiger partial charge in [0.1, 0.15) is 17.7 Å². The average Bonchev–Trinajstić information content (AvgIpc) is 4.10. The number of aromatic amines is 2. The van der Waals surface area contributed by atoms with Crippen LogP contribution in [0.5, 0.6) is 0 Å². The third kappa shape index (κ3) is 7.94. The minimum atomic E-state index is -0.684. The number of rotatable bonds is 12. The van der Waals surface area contributed by atoms with E-state index in [0.29, 0.717) is 11.8 Å². The summed E-state index contributed by atoms with van der Waals surface area (Å²) < 4.78 is 9.81. The van der Waals surface area contributed by atoms with Crippen molar-refractivity contribution in [1.82, 2.24) is 35.1 Å². The normalized spacial score (nSPS) is 24.4. The van der Waals surface area contributed by atoms with E-state index in [1.165, 1.54) is 14.2 Å². The molecule has 60 heavy (non-hydrogen) atoms. The number of fused-ring (bicyclic) bond motifs is 2. The van der Waals surface area contributed by atoms with E-state index in [-0.39, 0.29) is 60.2 Å². The number of ether oxygens (including phenoxy) is 2. The van der Waals surface area contributed by atoms with Crippen LogP contribution in [0.2, 0.25) is 0 Å². The van der Waals surface area contributed by atoms with Crippen molar-refractivity contribution < 1.29 is 28.7 Å². The Hall–Kier alpha value is -5.46. The van der Waals surface area contributed by atoms with Crippen molar-refractivity contribution >= 4 is 23.9 Å². The monoisotopic (exact) mass is 817 g/mol. The van der Waals surface area contributed by atoms with Crippen molar-refractivity contribution in [3.05, 3.63) is 72.6 Å². The van der Waals surface area contributed by atoms with Gasteiger partial charge in [-0.25, -0.2) is 14.8 Å². The molecule has 4 fully saturated rings. The zero-order valence-corrected chi connectivity index (χ0v) is 35.6. The fourth-order valence-electron chi connectivity index (χ4n) is 10.6. The molecule has 13 heteroatoms. The molecular formula is C47H59N7O6. The molecule has 8 rings (SSSR count). The lowest BCUT2D eigenvalue weighted by Gasteiger charge is -2.33. The molecule has 8 atom stereocenters. The lowest BCUT2D eigenvalue weighted by Crippen LogP contribution is -2.53. The van der Waals surface area contributed by atoms with Crippen molar-refractivity contribution in [2.24, 2.45) is 29.6 Å². The van der Waals surface area contributed by atoms with Crippen molar-refractivity contribution in [1.29, 1.82) is 0 Å². The summed E-state index contributed by atoms with van der Waals surface area (Å²) >= 11 is 0. The summed E-state index contributed by atoms with van der Waals surface area (Å²) in [4.78, 5) is 73.5. The van der Waals surface area contributed by atoms with Crippen molar-refractivity contribution in [3.8, 4) is 33.6 Å². The van der Waals surface area contributed by atoms with Gasteiger partial charge >= 0.3 is 12.1 Å². The van der Waals surface area contributed by atoms with Crippen molar-refractivity contribution in [3.63, 3.8) is 0 Å². The minimum absolute atomic E-state index is 0.00661. The van der Waals surface area contributed by atoms with Crippen molar-refractivity contribution in [2.75, 3.05) is 14.2 Å². The third-order valence-electron chi connectivity index (χ3n) is 13.9. The Bertz CT molecular complexity index is 2020. The molecule has 0 spiro atoms. The summed E-state index contributed by atoms with van der Waals surface area (Å²) in [7, 11) is 2.69. The Labute approximate surface area is 352 Å². The number of amides is 3. The van der Waals surface area contributed by atoms with Crippen LogP contribution >= 0.6 is 0 Å². The minimum Gasteiger partial charge on any atom is -0.469 e. The second kappa shape index (κ2) is 17.3. The van der Waals surface area contributed by atoms with Crippen LogP contribution in [0.1, 0.15) is 109 Å². The number of aromatic nitrogens is 4. The van der Waals surface area contributed by atoms with Crippen LogP contribution in [-0.4, -0.2) is 86.0 Å². The summed E-state index contributed by atoms with van der Waals surface area (Å²) in [6.45, 7) is 7.87. The maximum absolute atomic E-state index is 14.2. The lowest BCUT2D eigenvalue weighted by molar-refractivity contribution is -0.149. The molecule has 2 saturated heterocycles. The number of methoxy groups -OCH3 is 2. The first kappa shape index (κ1) is 41.3. The molecule has 2 aliphatic carbocycles. The van der Waals surface area contributed by atoms with Gasteiger partial charge in [-0.3, -0.25) is 14.4 Å². The van der Waals surface area contributed by atoms with Gasteiger partial charge in [0.15, 0.2) is 0 Å². The van der Waals surface area contributed by atoms with Gasteiger partial charge < -0.3 is 34.6 Å². The number of hydrogen-bond acceptors (Lipinski definition) is 8. The highest BCUT2D eigenvalue weighted by atomic mass is 16.5. The van der Waals surface area contributed by atoms with Gasteiger partial charge in [-0.1, -0.05) is 89.1 Å². The highest BCUT2D eigenvalue weighted by Crippen LogP contribution is 2.49.